The number of carbonyl (C=O) groups is 1. The van der Waals surface area contributed by atoms with Crippen molar-refractivity contribution in [3.63, 3.8) is 0 Å². The zero-order valence-electron chi connectivity index (χ0n) is 15.3. The molecule has 7 nitrogen and oxygen atoms in total. The predicted molar refractivity (Wildman–Crippen MR) is 97.3 cm³/mol. The summed E-state index contributed by atoms with van der Waals surface area (Å²) in [4.78, 5) is 30.1. The first-order valence-electron chi connectivity index (χ1n) is 8.44. The second-order valence-electron chi connectivity index (χ2n) is 8.21. The molecule has 0 bridgehead atoms. The zero-order valence-corrected chi connectivity index (χ0v) is 15.3. The van der Waals surface area contributed by atoms with Gasteiger partial charge in [0, 0.05) is 30.4 Å². The molecule has 0 saturated carbocycles. The molecule has 0 spiro atoms. The van der Waals surface area contributed by atoms with Gasteiger partial charge in [0.15, 0.2) is 11.6 Å². The number of hydrogen-bond donors (Lipinski definition) is 2. The molecule has 2 aromatic rings. The van der Waals surface area contributed by atoms with E-state index in [1.54, 1.807) is 9.47 Å². The molecule has 0 aromatic carbocycles. The van der Waals surface area contributed by atoms with E-state index in [9.17, 15) is 19.1 Å². The molecule has 3 rings (SSSR count). The Hall–Kier alpha value is -2.48. The Bertz CT molecular complexity index is 960. The number of aromatic nitrogens is 2. The molecule has 1 aliphatic heterocycles. The monoisotopic (exact) mass is 362 g/mol. The van der Waals surface area contributed by atoms with Gasteiger partial charge in [0.05, 0.1) is 5.39 Å². The lowest BCUT2D eigenvalue weighted by atomic mass is 10.0. The molecule has 1 atom stereocenters. The average Bonchev–Trinajstić information content (AvgIpc) is 2.86. The molecule has 0 radical (unpaired) electrons. The van der Waals surface area contributed by atoms with Crippen LogP contribution in [0.25, 0.3) is 11.0 Å². The third-order valence-electron chi connectivity index (χ3n) is 4.67. The zero-order chi connectivity index (χ0) is 19.4. The fourth-order valence-electron chi connectivity index (χ4n) is 3.27. The third kappa shape index (κ3) is 3.05. The van der Waals surface area contributed by atoms with Crippen molar-refractivity contribution in [2.75, 3.05) is 18.0 Å². The van der Waals surface area contributed by atoms with Crippen LogP contribution in [0.4, 0.5) is 10.2 Å². The van der Waals surface area contributed by atoms with Crippen LogP contribution in [0.2, 0.25) is 0 Å². The first-order chi connectivity index (χ1) is 11.9. The van der Waals surface area contributed by atoms with Crippen LogP contribution < -0.4 is 16.1 Å². The van der Waals surface area contributed by atoms with Gasteiger partial charge >= 0.3 is 5.97 Å². The van der Waals surface area contributed by atoms with Gasteiger partial charge in [-0.2, -0.15) is 0 Å². The van der Waals surface area contributed by atoms with Crippen molar-refractivity contribution >= 4 is 22.8 Å². The minimum absolute atomic E-state index is 0.0456. The van der Waals surface area contributed by atoms with Crippen molar-refractivity contribution in [1.82, 2.24) is 9.55 Å². The van der Waals surface area contributed by atoms with Crippen molar-refractivity contribution in [2.45, 2.75) is 45.2 Å². The van der Waals surface area contributed by atoms with Crippen molar-refractivity contribution in [2.24, 2.45) is 5.73 Å². The number of aromatic carboxylic acids is 1. The fourth-order valence-corrected chi connectivity index (χ4v) is 3.27. The maximum Gasteiger partial charge on any atom is 0.341 e. The normalized spacial score (nSPS) is 20.8. The molecule has 1 unspecified atom stereocenters. The summed E-state index contributed by atoms with van der Waals surface area (Å²) >= 11 is 0. The number of nitrogens with two attached hydrogens (primary N) is 1. The van der Waals surface area contributed by atoms with Gasteiger partial charge in [-0.25, -0.2) is 14.2 Å². The van der Waals surface area contributed by atoms with Gasteiger partial charge in [-0.3, -0.25) is 4.79 Å². The van der Waals surface area contributed by atoms with Crippen LogP contribution >= 0.6 is 0 Å². The van der Waals surface area contributed by atoms with E-state index in [0.717, 1.165) is 6.07 Å². The quantitative estimate of drug-likeness (QED) is 0.846. The van der Waals surface area contributed by atoms with Crippen LogP contribution in [0, 0.1) is 5.82 Å². The minimum Gasteiger partial charge on any atom is -0.477 e. The second kappa shape index (κ2) is 5.77. The molecule has 1 saturated heterocycles. The lowest BCUT2D eigenvalue weighted by Crippen LogP contribution is -2.39. The summed E-state index contributed by atoms with van der Waals surface area (Å²) in [6.07, 6.45) is 1.98. The van der Waals surface area contributed by atoms with Crippen molar-refractivity contribution in [1.29, 1.82) is 0 Å². The van der Waals surface area contributed by atoms with Gasteiger partial charge in [-0.05, 0) is 40.2 Å². The summed E-state index contributed by atoms with van der Waals surface area (Å²) in [5, 5.41) is 9.27. The Kier molecular flexibility index (Phi) is 4.06. The second-order valence-corrected chi connectivity index (χ2v) is 8.21. The topological polar surface area (TPSA) is 101 Å². The lowest BCUT2D eigenvalue weighted by molar-refractivity contribution is 0.0694. The van der Waals surface area contributed by atoms with Crippen LogP contribution in [-0.2, 0) is 5.54 Å². The Balaban J connectivity index is 2.31. The lowest BCUT2D eigenvalue weighted by Gasteiger charge is -2.27. The molecule has 1 fully saturated rings. The molecule has 0 amide bonds. The summed E-state index contributed by atoms with van der Waals surface area (Å²) in [5.74, 6) is -1.87. The molecule has 2 aromatic heterocycles. The van der Waals surface area contributed by atoms with E-state index >= 15 is 0 Å². The summed E-state index contributed by atoms with van der Waals surface area (Å²) in [7, 11) is 0. The molecule has 3 heterocycles. The van der Waals surface area contributed by atoms with Crippen LogP contribution in [0.1, 0.15) is 44.5 Å². The number of halogens is 1. The van der Waals surface area contributed by atoms with E-state index in [-0.39, 0.29) is 16.9 Å². The maximum absolute atomic E-state index is 14.7. The average molecular weight is 362 g/mol. The van der Waals surface area contributed by atoms with E-state index in [1.807, 2.05) is 27.7 Å². The highest BCUT2D eigenvalue weighted by molar-refractivity contribution is 5.92. The summed E-state index contributed by atoms with van der Waals surface area (Å²) in [5.41, 5.74) is 4.27. The number of pyridine rings is 2. The Labute approximate surface area is 150 Å². The molecule has 140 valence electrons. The number of carboxylic acids is 1. The molecular weight excluding hydrogens is 339 g/mol. The van der Waals surface area contributed by atoms with Crippen LogP contribution in [0.5, 0.6) is 0 Å². The predicted octanol–water partition coefficient (Wildman–Crippen LogP) is 1.92. The van der Waals surface area contributed by atoms with Gasteiger partial charge in [0.2, 0.25) is 5.43 Å². The van der Waals surface area contributed by atoms with E-state index in [4.69, 9.17) is 5.73 Å². The van der Waals surface area contributed by atoms with Crippen molar-refractivity contribution in [3.8, 4) is 0 Å². The van der Waals surface area contributed by atoms with Crippen molar-refractivity contribution in [3.05, 3.63) is 33.9 Å². The fraction of sp³-hybridized carbons (Fsp3) is 0.500. The first kappa shape index (κ1) is 18.3. The van der Waals surface area contributed by atoms with Crippen molar-refractivity contribution < 1.29 is 14.3 Å². The Morgan fingerprint density at radius 2 is 2.08 bits per heavy atom. The minimum atomic E-state index is -1.35. The van der Waals surface area contributed by atoms with Gasteiger partial charge in [0.1, 0.15) is 11.2 Å². The standard InChI is InChI=1S/C18H23FN4O3/c1-17(2,3)23-8-11(16(25)26)13(24)10-7-12(19)15(21-14(10)23)22-6-5-18(4,20)9-22/h7-8H,5-6,9,20H2,1-4H3,(H,25,26). The summed E-state index contributed by atoms with van der Waals surface area (Å²) in [6.45, 7) is 8.50. The number of carboxylic acid groups (broad SMARTS) is 1. The Morgan fingerprint density at radius 3 is 2.58 bits per heavy atom. The molecule has 26 heavy (non-hydrogen) atoms. The van der Waals surface area contributed by atoms with Gasteiger partial charge in [-0.15, -0.1) is 0 Å². The first-order valence-corrected chi connectivity index (χ1v) is 8.44. The molecule has 1 aliphatic rings. The number of fused-ring (bicyclic) bond motifs is 1. The van der Waals surface area contributed by atoms with Crippen LogP contribution in [0.15, 0.2) is 17.1 Å². The Morgan fingerprint density at radius 1 is 1.42 bits per heavy atom. The number of anilines is 1. The van der Waals surface area contributed by atoms with E-state index < -0.39 is 33.9 Å². The highest BCUT2D eigenvalue weighted by Gasteiger charge is 2.33. The summed E-state index contributed by atoms with van der Waals surface area (Å²) in [6, 6.07) is 1.08. The highest BCUT2D eigenvalue weighted by Crippen LogP contribution is 2.29. The van der Waals surface area contributed by atoms with E-state index in [1.165, 1.54) is 6.20 Å². The molecule has 0 aliphatic carbocycles. The number of nitrogens with zero attached hydrogens (tertiary/aromatic N) is 3. The number of hydrogen-bond acceptors (Lipinski definition) is 5. The molecular formula is C18H23FN4O3. The molecule has 3 N–H and O–H groups in total. The largest absolute Gasteiger partial charge is 0.477 e. The molecule has 8 heteroatoms. The maximum atomic E-state index is 14.7. The van der Waals surface area contributed by atoms with E-state index in [0.29, 0.717) is 19.5 Å². The SMILES string of the molecule is CC1(N)CCN(c2nc3c(cc2F)c(=O)c(C(=O)O)cn3C(C)(C)C)C1. The van der Waals surface area contributed by atoms with Gasteiger partial charge in [-0.1, -0.05) is 0 Å². The van der Waals surface area contributed by atoms with Crippen LogP contribution in [-0.4, -0.2) is 39.3 Å². The van der Waals surface area contributed by atoms with Gasteiger partial charge < -0.3 is 20.3 Å². The van der Waals surface area contributed by atoms with E-state index in [2.05, 4.69) is 4.98 Å². The highest BCUT2D eigenvalue weighted by atomic mass is 19.1. The third-order valence-corrected chi connectivity index (χ3v) is 4.67. The smallest absolute Gasteiger partial charge is 0.341 e. The van der Waals surface area contributed by atoms with Crippen LogP contribution in [0.3, 0.4) is 0 Å². The number of rotatable bonds is 2. The van der Waals surface area contributed by atoms with Gasteiger partial charge in [0.25, 0.3) is 0 Å². The summed E-state index contributed by atoms with van der Waals surface area (Å²) < 4.78 is 16.3.